The van der Waals surface area contributed by atoms with Gasteiger partial charge in [0.25, 0.3) is 5.91 Å². The van der Waals surface area contributed by atoms with Crippen molar-refractivity contribution in [2.45, 2.75) is 58.0 Å². The Morgan fingerprint density at radius 1 is 1.13 bits per heavy atom. The molecule has 30 heavy (non-hydrogen) atoms. The Morgan fingerprint density at radius 3 is 2.57 bits per heavy atom. The van der Waals surface area contributed by atoms with Gasteiger partial charge in [0.15, 0.2) is 5.60 Å². The van der Waals surface area contributed by atoms with Crippen molar-refractivity contribution in [1.29, 1.82) is 0 Å². The lowest BCUT2D eigenvalue weighted by Crippen LogP contribution is -2.39. The van der Waals surface area contributed by atoms with Crippen molar-refractivity contribution in [3.63, 3.8) is 0 Å². The van der Waals surface area contributed by atoms with Crippen LogP contribution in [0.4, 0.5) is 0 Å². The van der Waals surface area contributed by atoms with Gasteiger partial charge in [-0.1, -0.05) is 38.1 Å². The van der Waals surface area contributed by atoms with E-state index in [2.05, 4.69) is 19.9 Å². The maximum absolute atomic E-state index is 13.1. The molecule has 5 nitrogen and oxygen atoms in total. The summed E-state index contributed by atoms with van der Waals surface area (Å²) in [7, 11) is 0. The molecule has 3 rings (SSSR count). The summed E-state index contributed by atoms with van der Waals surface area (Å²) in [6, 6.07) is 15.5. The topological polar surface area (TPSA) is 66.8 Å². The van der Waals surface area contributed by atoms with Gasteiger partial charge in [-0.05, 0) is 68.0 Å². The molecule has 1 fully saturated rings. The first-order valence-electron chi connectivity index (χ1n) is 10.6. The molecular formula is C25H31NO4. The minimum absolute atomic E-state index is 0.0709. The number of likely N-dealkylation sites (tertiary alicyclic amines) is 1. The van der Waals surface area contributed by atoms with Gasteiger partial charge in [0.05, 0.1) is 0 Å². The van der Waals surface area contributed by atoms with Crippen LogP contribution in [0.2, 0.25) is 0 Å². The Labute approximate surface area is 178 Å². The number of nitrogens with zero attached hydrogens (tertiary/aromatic N) is 1. The molecule has 0 radical (unpaired) electrons. The summed E-state index contributed by atoms with van der Waals surface area (Å²) in [5.41, 5.74) is 1.68. The van der Waals surface area contributed by atoms with Crippen molar-refractivity contribution < 1.29 is 19.4 Å². The average Bonchev–Trinajstić information content (AvgIpc) is 2.73. The molecule has 0 aliphatic carbocycles. The molecule has 1 heterocycles. The van der Waals surface area contributed by atoms with Crippen molar-refractivity contribution in [1.82, 2.24) is 4.90 Å². The van der Waals surface area contributed by atoms with Crippen LogP contribution in [0.3, 0.4) is 0 Å². The van der Waals surface area contributed by atoms with Gasteiger partial charge in [0.1, 0.15) is 5.75 Å². The van der Waals surface area contributed by atoms with Gasteiger partial charge in [-0.2, -0.15) is 0 Å². The Balaban J connectivity index is 1.75. The summed E-state index contributed by atoms with van der Waals surface area (Å²) in [6.07, 6.45) is 1.92. The monoisotopic (exact) mass is 409 g/mol. The summed E-state index contributed by atoms with van der Waals surface area (Å²) in [5.74, 6) is 0.178. The molecule has 0 aromatic heterocycles. The Hall–Kier alpha value is -2.82. The van der Waals surface area contributed by atoms with Gasteiger partial charge in [0, 0.05) is 24.6 Å². The van der Waals surface area contributed by atoms with E-state index in [0.717, 1.165) is 30.5 Å². The van der Waals surface area contributed by atoms with Crippen LogP contribution in [0.25, 0.3) is 0 Å². The number of hydrogen-bond acceptors (Lipinski definition) is 3. The first-order chi connectivity index (χ1) is 14.2. The highest BCUT2D eigenvalue weighted by Crippen LogP contribution is 2.31. The fourth-order valence-corrected chi connectivity index (χ4v) is 3.82. The minimum Gasteiger partial charge on any atom is -0.478 e. The quantitative estimate of drug-likeness (QED) is 0.723. The number of ether oxygens (including phenoxy) is 1. The molecule has 1 unspecified atom stereocenters. The highest BCUT2D eigenvalue weighted by molar-refractivity contribution is 5.94. The molecule has 1 atom stereocenters. The minimum atomic E-state index is -1.30. The van der Waals surface area contributed by atoms with Gasteiger partial charge in [-0.25, -0.2) is 4.79 Å². The van der Waals surface area contributed by atoms with E-state index in [1.54, 1.807) is 6.07 Å². The second-order valence-corrected chi connectivity index (χ2v) is 8.86. The molecule has 5 heteroatoms. The number of carbonyl (C=O) groups excluding carboxylic acids is 1. The van der Waals surface area contributed by atoms with E-state index in [-0.39, 0.29) is 11.8 Å². The summed E-state index contributed by atoms with van der Waals surface area (Å²) in [6.45, 7) is 8.73. The molecular weight excluding hydrogens is 378 g/mol. The van der Waals surface area contributed by atoms with E-state index >= 15 is 0 Å². The summed E-state index contributed by atoms with van der Waals surface area (Å²) in [5, 5.41) is 9.31. The largest absolute Gasteiger partial charge is 0.478 e. The number of carboxylic acids is 1. The van der Waals surface area contributed by atoms with Crippen LogP contribution in [-0.4, -0.2) is 40.6 Å². The predicted molar refractivity (Wildman–Crippen MR) is 117 cm³/mol. The highest BCUT2D eigenvalue weighted by atomic mass is 16.5. The van der Waals surface area contributed by atoms with Crippen LogP contribution in [0.15, 0.2) is 48.5 Å². The number of benzene rings is 2. The normalized spacial score (nSPS) is 17.1. The molecule has 1 N–H and O–H groups in total. The van der Waals surface area contributed by atoms with Gasteiger partial charge in [-0.3, -0.25) is 4.79 Å². The molecule has 1 saturated heterocycles. The molecule has 0 bridgehead atoms. The van der Waals surface area contributed by atoms with E-state index in [9.17, 15) is 14.7 Å². The van der Waals surface area contributed by atoms with Gasteiger partial charge in [-0.15, -0.1) is 0 Å². The standard InChI is InChI=1S/C25H31NO4/c1-17(2)18-8-5-10-20(14-18)23(27)26-13-7-11-21(16-26)19-9-6-12-22(15-19)30-25(3,4)24(28)29/h5-6,8-10,12,14-15,17,21H,7,11,13,16H2,1-4H3,(H,28,29). The molecule has 2 aromatic rings. The average molecular weight is 410 g/mol. The molecule has 160 valence electrons. The first-order valence-corrected chi connectivity index (χ1v) is 10.6. The zero-order chi connectivity index (χ0) is 21.9. The third-order valence-corrected chi connectivity index (χ3v) is 5.73. The Morgan fingerprint density at radius 2 is 1.87 bits per heavy atom. The van der Waals surface area contributed by atoms with Crippen LogP contribution in [0, 0.1) is 0 Å². The van der Waals surface area contributed by atoms with Crippen LogP contribution < -0.4 is 4.74 Å². The van der Waals surface area contributed by atoms with Crippen molar-refractivity contribution in [3.8, 4) is 5.75 Å². The van der Waals surface area contributed by atoms with E-state index in [0.29, 0.717) is 18.2 Å². The fourth-order valence-electron chi connectivity index (χ4n) is 3.82. The third-order valence-electron chi connectivity index (χ3n) is 5.73. The molecule has 0 spiro atoms. The second-order valence-electron chi connectivity index (χ2n) is 8.86. The first kappa shape index (κ1) is 21.9. The zero-order valence-corrected chi connectivity index (χ0v) is 18.2. The lowest BCUT2D eigenvalue weighted by Gasteiger charge is -2.33. The number of amides is 1. The van der Waals surface area contributed by atoms with Crippen LogP contribution in [0.1, 0.15) is 73.9 Å². The number of carboxylic acid groups (broad SMARTS) is 1. The third kappa shape index (κ3) is 5.02. The van der Waals surface area contributed by atoms with Crippen LogP contribution >= 0.6 is 0 Å². The number of hydrogen-bond donors (Lipinski definition) is 1. The van der Waals surface area contributed by atoms with Crippen molar-refractivity contribution in [3.05, 3.63) is 65.2 Å². The van der Waals surface area contributed by atoms with Crippen molar-refractivity contribution >= 4 is 11.9 Å². The maximum Gasteiger partial charge on any atom is 0.347 e. The van der Waals surface area contributed by atoms with E-state index in [4.69, 9.17) is 4.74 Å². The summed E-state index contributed by atoms with van der Waals surface area (Å²) in [4.78, 5) is 26.4. The van der Waals surface area contributed by atoms with Gasteiger partial charge in [0.2, 0.25) is 0 Å². The summed E-state index contributed by atoms with van der Waals surface area (Å²) < 4.78 is 5.69. The lowest BCUT2D eigenvalue weighted by atomic mass is 9.90. The Kier molecular flexibility index (Phi) is 6.49. The van der Waals surface area contributed by atoms with Crippen molar-refractivity contribution in [2.75, 3.05) is 13.1 Å². The fraction of sp³-hybridized carbons (Fsp3) is 0.440. The number of piperidine rings is 1. The number of rotatable bonds is 6. The SMILES string of the molecule is CC(C)c1cccc(C(=O)N2CCCC(c3cccc(OC(C)(C)C(=O)O)c3)C2)c1. The molecule has 0 saturated carbocycles. The molecule has 1 aliphatic heterocycles. The van der Waals surface area contributed by atoms with E-state index < -0.39 is 11.6 Å². The smallest absolute Gasteiger partial charge is 0.347 e. The molecule has 1 aliphatic rings. The van der Waals surface area contributed by atoms with Gasteiger partial charge < -0.3 is 14.7 Å². The zero-order valence-electron chi connectivity index (χ0n) is 18.2. The lowest BCUT2D eigenvalue weighted by molar-refractivity contribution is -0.152. The van der Waals surface area contributed by atoms with Gasteiger partial charge >= 0.3 is 5.97 Å². The number of aliphatic carboxylic acids is 1. The number of carbonyl (C=O) groups is 2. The second kappa shape index (κ2) is 8.90. The predicted octanol–water partition coefficient (Wildman–Crippen LogP) is 5.07. The molecule has 2 aromatic carbocycles. The van der Waals surface area contributed by atoms with Crippen molar-refractivity contribution in [2.24, 2.45) is 0 Å². The van der Waals surface area contributed by atoms with E-state index in [1.165, 1.54) is 19.4 Å². The van der Waals surface area contributed by atoms with Crippen LogP contribution in [0.5, 0.6) is 5.75 Å². The van der Waals surface area contributed by atoms with E-state index in [1.807, 2.05) is 41.3 Å². The maximum atomic E-state index is 13.1. The highest BCUT2D eigenvalue weighted by Gasteiger charge is 2.30. The molecule has 1 amide bonds. The Bertz CT molecular complexity index is 919. The summed E-state index contributed by atoms with van der Waals surface area (Å²) >= 11 is 0. The van der Waals surface area contributed by atoms with Crippen LogP contribution in [-0.2, 0) is 4.79 Å².